The topological polar surface area (TPSA) is 23.6 Å². The molecule has 2 aromatic carbocycles. The number of thioether (sulfide) groups is 1. The molecule has 1 saturated heterocycles. The van der Waals surface area contributed by atoms with Crippen molar-refractivity contribution in [1.82, 2.24) is 4.90 Å². The maximum atomic E-state index is 12.6. The average Bonchev–Trinajstić information content (AvgIpc) is 2.72. The average molecular weight is 397 g/mol. The molecule has 0 aromatic heterocycles. The van der Waals surface area contributed by atoms with Gasteiger partial charge in [0.05, 0.1) is 0 Å². The SMILES string of the molecule is CCC(=O)N(c1ccccc1)C1CCN(CCSc2cc(C)ccc2C)CC1. The minimum absolute atomic E-state index is 0.232. The Morgan fingerprint density at radius 1 is 1.11 bits per heavy atom. The molecule has 1 heterocycles. The lowest BCUT2D eigenvalue weighted by molar-refractivity contribution is -0.119. The first-order valence-corrected chi connectivity index (χ1v) is 11.4. The van der Waals surface area contributed by atoms with E-state index in [1.54, 1.807) is 0 Å². The molecule has 0 aliphatic carbocycles. The monoisotopic (exact) mass is 396 g/mol. The van der Waals surface area contributed by atoms with Gasteiger partial charge >= 0.3 is 0 Å². The number of amides is 1. The van der Waals surface area contributed by atoms with Crippen LogP contribution in [0.5, 0.6) is 0 Å². The maximum Gasteiger partial charge on any atom is 0.226 e. The van der Waals surface area contributed by atoms with Gasteiger partial charge in [-0.1, -0.05) is 42.8 Å². The van der Waals surface area contributed by atoms with Crippen LogP contribution in [0.2, 0.25) is 0 Å². The van der Waals surface area contributed by atoms with Crippen LogP contribution in [0.3, 0.4) is 0 Å². The van der Waals surface area contributed by atoms with Crippen molar-refractivity contribution in [2.24, 2.45) is 0 Å². The van der Waals surface area contributed by atoms with E-state index in [9.17, 15) is 4.79 Å². The summed E-state index contributed by atoms with van der Waals surface area (Å²) in [6.45, 7) is 9.55. The summed E-state index contributed by atoms with van der Waals surface area (Å²) in [5, 5.41) is 0. The number of benzene rings is 2. The zero-order chi connectivity index (χ0) is 19.9. The lowest BCUT2D eigenvalue weighted by atomic mass is 10.0. The number of para-hydroxylation sites is 1. The van der Waals surface area contributed by atoms with Gasteiger partial charge in [0.15, 0.2) is 0 Å². The van der Waals surface area contributed by atoms with Gasteiger partial charge in [0.2, 0.25) is 5.91 Å². The molecule has 150 valence electrons. The largest absolute Gasteiger partial charge is 0.309 e. The second-order valence-corrected chi connectivity index (χ2v) is 8.78. The normalized spacial score (nSPS) is 15.5. The van der Waals surface area contributed by atoms with E-state index in [-0.39, 0.29) is 5.91 Å². The van der Waals surface area contributed by atoms with E-state index in [1.165, 1.54) is 16.0 Å². The Bertz CT molecular complexity index is 769. The molecule has 1 aliphatic rings. The van der Waals surface area contributed by atoms with E-state index >= 15 is 0 Å². The molecular weight excluding hydrogens is 364 g/mol. The van der Waals surface area contributed by atoms with Crippen molar-refractivity contribution < 1.29 is 4.79 Å². The van der Waals surface area contributed by atoms with Crippen LogP contribution < -0.4 is 4.90 Å². The van der Waals surface area contributed by atoms with Crippen molar-refractivity contribution in [2.75, 3.05) is 30.3 Å². The molecule has 1 aliphatic heterocycles. The molecule has 0 saturated carbocycles. The van der Waals surface area contributed by atoms with E-state index in [4.69, 9.17) is 0 Å². The van der Waals surface area contributed by atoms with Crippen molar-refractivity contribution in [2.45, 2.75) is 51.0 Å². The number of carbonyl (C=O) groups excluding carboxylic acids is 1. The molecule has 0 atom stereocenters. The van der Waals surface area contributed by atoms with Crippen LogP contribution in [0.1, 0.15) is 37.3 Å². The van der Waals surface area contributed by atoms with Gasteiger partial charge in [-0.25, -0.2) is 0 Å². The van der Waals surface area contributed by atoms with Crippen LogP contribution in [0.15, 0.2) is 53.4 Å². The fourth-order valence-corrected chi connectivity index (χ4v) is 5.00. The molecule has 4 heteroatoms. The van der Waals surface area contributed by atoms with Crippen LogP contribution in [-0.4, -0.2) is 42.2 Å². The number of anilines is 1. The first-order valence-electron chi connectivity index (χ1n) is 10.4. The van der Waals surface area contributed by atoms with Gasteiger partial charge in [-0.05, 0) is 50.5 Å². The Morgan fingerprint density at radius 2 is 1.82 bits per heavy atom. The smallest absolute Gasteiger partial charge is 0.226 e. The summed E-state index contributed by atoms with van der Waals surface area (Å²) in [5.41, 5.74) is 3.74. The number of carbonyl (C=O) groups is 1. The highest BCUT2D eigenvalue weighted by molar-refractivity contribution is 7.99. The summed E-state index contributed by atoms with van der Waals surface area (Å²) >= 11 is 1.96. The van der Waals surface area contributed by atoms with Gasteiger partial charge in [0.1, 0.15) is 0 Å². The number of aryl methyl sites for hydroxylation is 2. The third kappa shape index (κ3) is 5.39. The lowest BCUT2D eigenvalue weighted by Crippen LogP contribution is -2.48. The zero-order valence-electron chi connectivity index (χ0n) is 17.4. The minimum Gasteiger partial charge on any atom is -0.309 e. The van der Waals surface area contributed by atoms with Gasteiger partial charge < -0.3 is 9.80 Å². The van der Waals surface area contributed by atoms with Crippen molar-refractivity contribution in [3.05, 3.63) is 59.7 Å². The van der Waals surface area contributed by atoms with Crippen LogP contribution in [-0.2, 0) is 4.79 Å². The summed E-state index contributed by atoms with van der Waals surface area (Å²) in [4.78, 5) is 18.6. The van der Waals surface area contributed by atoms with Crippen molar-refractivity contribution >= 4 is 23.4 Å². The van der Waals surface area contributed by atoms with E-state index < -0.39 is 0 Å². The molecule has 28 heavy (non-hydrogen) atoms. The van der Waals surface area contributed by atoms with E-state index in [2.05, 4.69) is 49.1 Å². The first kappa shape index (κ1) is 20.9. The van der Waals surface area contributed by atoms with Gasteiger partial charge in [0, 0.05) is 48.4 Å². The van der Waals surface area contributed by atoms with Gasteiger partial charge in [0.25, 0.3) is 0 Å². The van der Waals surface area contributed by atoms with Crippen LogP contribution in [0.25, 0.3) is 0 Å². The Labute approximate surface area is 174 Å². The fourth-order valence-electron chi connectivity index (χ4n) is 3.87. The highest BCUT2D eigenvalue weighted by Gasteiger charge is 2.28. The number of hydrogen-bond acceptors (Lipinski definition) is 3. The fraction of sp³-hybridized carbons (Fsp3) is 0.458. The van der Waals surface area contributed by atoms with Gasteiger partial charge in [-0.15, -0.1) is 11.8 Å². The van der Waals surface area contributed by atoms with Crippen LogP contribution in [0, 0.1) is 13.8 Å². The highest BCUT2D eigenvalue weighted by atomic mass is 32.2. The van der Waals surface area contributed by atoms with E-state index in [0.29, 0.717) is 12.5 Å². The number of likely N-dealkylation sites (tertiary alicyclic amines) is 1. The summed E-state index contributed by atoms with van der Waals surface area (Å²) in [5.74, 6) is 1.35. The molecule has 0 N–H and O–H groups in total. The number of piperidine rings is 1. The lowest BCUT2D eigenvalue weighted by Gasteiger charge is -2.38. The molecule has 3 nitrogen and oxygen atoms in total. The van der Waals surface area contributed by atoms with Crippen LogP contribution >= 0.6 is 11.8 Å². The number of rotatable bonds is 7. The number of hydrogen-bond donors (Lipinski definition) is 0. The number of nitrogens with zero attached hydrogens (tertiary/aromatic N) is 2. The van der Waals surface area contributed by atoms with Crippen molar-refractivity contribution in [3.63, 3.8) is 0 Å². The Hall–Kier alpha value is -1.78. The molecule has 3 rings (SSSR count). The quantitative estimate of drug-likeness (QED) is 0.593. The standard InChI is InChI=1S/C24H32N2OS/c1-4-24(27)26(21-8-6-5-7-9-21)22-12-14-25(15-13-22)16-17-28-23-18-19(2)10-11-20(23)3/h5-11,18,22H,4,12-17H2,1-3H3. The van der Waals surface area contributed by atoms with Crippen molar-refractivity contribution in [1.29, 1.82) is 0 Å². The van der Waals surface area contributed by atoms with Crippen molar-refractivity contribution in [3.8, 4) is 0 Å². The molecule has 0 unspecified atom stereocenters. The molecule has 1 amide bonds. The Balaban J connectivity index is 1.52. The molecule has 0 spiro atoms. The summed E-state index contributed by atoms with van der Waals surface area (Å²) in [6, 6.07) is 17.2. The molecule has 0 bridgehead atoms. The minimum atomic E-state index is 0.232. The second kappa shape index (κ2) is 10.1. The Kier molecular flexibility index (Phi) is 7.57. The summed E-state index contributed by atoms with van der Waals surface area (Å²) < 4.78 is 0. The van der Waals surface area contributed by atoms with Gasteiger partial charge in [-0.2, -0.15) is 0 Å². The first-order chi connectivity index (χ1) is 13.6. The van der Waals surface area contributed by atoms with Gasteiger partial charge in [-0.3, -0.25) is 4.79 Å². The molecule has 0 radical (unpaired) electrons. The van der Waals surface area contributed by atoms with E-state index in [1.807, 2.05) is 41.8 Å². The second-order valence-electron chi connectivity index (χ2n) is 7.64. The molecular formula is C24H32N2OS. The summed E-state index contributed by atoms with van der Waals surface area (Å²) in [7, 11) is 0. The molecule has 1 fully saturated rings. The summed E-state index contributed by atoms with van der Waals surface area (Å²) in [6.07, 6.45) is 2.66. The predicted octanol–water partition coefficient (Wildman–Crippen LogP) is 5.30. The Morgan fingerprint density at radius 3 is 2.50 bits per heavy atom. The molecule has 2 aromatic rings. The third-order valence-corrected chi connectivity index (χ3v) is 6.67. The van der Waals surface area contributed by atoms with Crippen LogP contribution in [0.4, 0.5) is 5.69 Å². The third-order valence-electron chi connectivity index (χ3n) is 5.54. The highest BCUT2D eigenvalue weighted by Crippen LogP contribution is 2.26. The maximum absolute atomic E-state index is 12.6. The predicted molar refractivity (Wildman–Crippen MR) is 120 cm³/mol. The van der Waals surface area contributed by atoms with E-state index in [0.717, 1.165) is 43.9 Å². The zero-order valence-corrected chi connectivity index (χ0v) is 18.2.